The van der Waals surface area contributed by atoms with E-state index in [1.807, 2.05) is 24.3 Å². The lowest BCUT2D eigenvalue weighted by Gasteiger charge is -2.24. The summed E-state index contributed by atoms with van der Waals surface area (Å²) in [5.41, 5.74) is 1.81. The SMILES string of the molecule is CCNC(=NCc1ccc(C#N)cc1)NC1CCCCC1.I. The minimum absolute atomic E-state index is 0. The molecule has 2 rings (SSSR count). The van der Waals surface area contributed by atoms with Gasteiger partial charge in [0, 0.05) is 12.6 Å². The fourth-order valence-corrected chi connectivity index (χ4v) is 2.62. The van der Waals surface area contributed by atoms with Gasteiger partial charge in [-0.2, -0.15) is 5.26 Å². The zero-order chi connectivity index (χ0) is 14.9. The molecule has 0 saturated heterocycles. The lowest BCUT2D eigenvalue weighted by Crippen LogP contribution is -2.44. The van der Waals surface area contributed by atoms with E-state index in [0.717, 1.165) is 18.1 Å². The van der Waals surface area contributed by atoms with Gasteiger partial charge < -0.3 is 10.6 Å². The third kappa shape index (κ3) is 6.22. The van der Waals surface area contributed by atoms with Gasteiger partial charge in [0.2, 0.25) is 0 Å². The lowest BCUT2D eigenvalue weighted by molar-refractivity contribution is 0.410. The van der Waals surface area contributed by atoms with Crippen molar-refractivity contribution >= 4 is 29.9 Å². The second-order valence-electron chi connectivity index (χ2n) is 5.48. The van der Waals surface area contributed by atoms with Crippen molar-refractivity contribution in [3.63, 3.8) is 0 Å². The van der Waals surface area contributed by atoms with Gasteiger partial charge in [-0.05, 0) is 37.5 Å². The average Bonchev–Trinajstić information content (AvgIpc) is 2.54. The molecule has 1 saturated carbocycles. The molecule has 0 aromatic heterocycles. The maximum absolute atomic E-state index is 8.80. The number of halogens is 1. The minimum atomic E-state index is 0. The highest BCUT2D eigenvalue weighted by atomic mass is 127. The highest BCUT2D eigenvalue weighted by Gasteiger charge is 2.14. The molecule has 0 unspecified atom stereocenters. The van der Waals surface area contributed by atoms with Crippen LogP contribution in [0.4, 0.5) is 0 Å². The molecule has 0 heterocycles. The van der Waals surface area contributed by atoms with Crippen molar-refractivity contribution in [2.45, 2.75) is 51.6 Å². The van der Waals surface area contributed by atoms with Gasteiger partial charge >= 0.3 is 0 Å². The number of hydrogen-bond donors (Lipinski definition) is 2. The summed E-state index contributed by atoms with van der Waals surface area (Å²) in [5, 5.41) is 15.6. The molecule has 0 amide bonds. The van der Waals surface area contributed by atoms with Gasteiger partial charge in [0.25, 0.3) is 0 Å². The third-order valence-corrected chi connectivity index (χ3v) is 3.79. The minimum Gasteiger partial charge on any atom is -0.357 e. The Labute approximate surface area is 150 Å². The first-order chi connectivity index (χ1) is 10.3. The molecule has 22 heavy (non-hydrogen) atoms. The molecule has 0 bridgehead atoms. The summed E-state index contributed by atoms with van der Waals surface area (Å²) in [4.78, 5) is 4.64. The number of nitriles is 1. The Kier molecular flexibility index (Phi) is 8.90. The molecule has 1 aliphatic rings. The number of nitrogens with one attached hydrogen (secondary N) is 2. The van der Waals surface area contributed by atoms with E-state index in [1.165, 1.54) is 32.1 Å². The average molecular weight is 412 g/mol. The molecule has 0 radical (unpaired) electrons. The molecule has 5 heteroatoms. The Morgan fingerprint density at radius 1 is 1.23 bits per heavy atom. The van der Waals surface area contributed by atoms with Crippen molar-refractivity contribution in [3.8, 4) is 6.07 Å². The summed E-state index contributed by atoms with van der Waals surface area (Å²) in [6, 6.07) is 10.3. The summed E-state index contributed by atoms with van der Waals surface area (Å²) in [6.07, 6.45) is 6.46. The van der Waals surface area contributed by atoms with Crippen LogP contribution in [-0.2, 0) is 6.54 Å². The van der Waals surface area contributed by atoms with E-state index in [9.17, 15) is 0 Å². The topological polar surface area (TPSA) is 60.2 Å². The zero-order valence-corrected chi connectivity index (χ0v) is 15.5. The van der Waals surface area contributed by atoms with Gasteiger partial charge in [-0.25, -0.2) is 4.99 Å². The summed E-state index contributed by atoms with van der Waals surface area (Å²) in [6.45, 7) is 3.58. The van der Waals surface area contributed by atoms with Gasteiger partial charge in [0.05, 0.1) is 18.2 Å². The van der Waals surface area contributed by atoms with Crippen molar-refractivity contribution in [3.05, 3.63) is 35.4 Å². The number of nitrogens with zero attached hydrogens (tertiary/aromatic N) is 2. The van der Waals surface area contributed by atoms with Gasteiger partial charge in [-0.1, -0.05) is 31.4 Å². The van der Waals surface area contributed by atoms with E-state index in [4.69, 9.17) is 5.26 Å². The van der Waals surface area contributed by atoms with E-state index >= 15 is 0 Å². The number of benzene rings is 1. The number of hydrogen-bond acceptors (Lipinski definition) is 2. The number of guanidine groups is 1. The fourth-order valence-electron chi connectivity index (χ4n) is 2.62. The standard InChI is InChI=1S/C17H24N4.HI/c1-2-19-17(21-16-6-4-3-5-7-16)20-13-15-10-8-14(12-18)9-11-15;/h8-11,16H,2-7,13H2,1H3,(H2,19,20,21);1H. The Hall–Kier alpha value is -1.29. The smallest absolute Gasteiger partial charge is 0.191 e. The molecule has 0 spiro atoms. The third-order valence-electron chi connectivity index (χ3n) is 3.79. The fraction of sp³-hybridized carbons (Fsp3) is 0.529. The normalized spacial score (nSPS) is 15.5. The van der Waals surface area contributed by atoms with Crippen LogP contribution in [0.1, 0.15) is 50.2 Å². The molecule has 0 aliphatic heterocycles. The predicted octanol–water partition coefficient (Wildman–Crippen LogP) is 3.56. The summed E-state index contributed by atoms with van der Waals surface area (Å²) in [7, 11) is 0. The molecule has 2 N–H and O–H groups in total. The van der Waals surface area contributed by atoms with Crippen molar-refractivity contribution in [1.29, 1.82) is 5.26 Å². The van der Waals surface area contributed by atoms with E-state index < -0.39 is 0 Å². The molecule has 0 atom stereocenters. The van der Waals surface area contributed by atoms with E-state index in [-0.39, 0.29) is 24.0 Å². The van der Waals surface area contributed by atoms with Crippen LogP contribution in [0.15, 0.2) is 29.3 Å². The summed E-state index contributed by atoms with van der Waals surface area (Å²) < 4.78 is 0. The van der Waals surface area contributed by atoms with E-state index in [1.54, 1.807) is 0 Å². The summed E-state index contributed by atoms with van der Waals surface area (Å²) >= 11 is 0. The first-order valence-electron chi connectivity index (χ1n) is 7.85. The van der Waals surface area contributed by atoms with Crippen molar-refractivity contribution < 1.29 is 0 Å². The van der Waals surface area contributed by atoms with Crippen LogP contribution < -0.4 is 10.6 Å². The van der Waals surface area contributed by atoms with E-state index in [2.05, 4.69) is 28.6 Å². The first kappa shape index (κ1) is 18.8. The molecule has 1 aromatic carbocycles. The highest BCUT2D eigenvalue weighted by Crippen LogP contribution is 2.17. The number of aliphatic imine (C=N–C) groups is 1. The second kappa shape index (κ2) is 10.4. The van der Waals surface area contributed by atoms with Crippen LogP contribution in [0, 0.1) is 11.3 Å². The largest absolute Gasteiger partial charge is 0.357 e. The molecule has 120 valence electrons. The van der Waals surface area contributed by atoms with Crippen molar-refractivity contribution in [1.82, 2.24) is 10.6 Å². The van der Waals surface area contributed by atoms with Crippen LogP contribution in [-0.4, -0.2) is 18.5 Å². The molecule has 1 aliphatic carbocycles. The van der Waals surface area contributed by atoms with Crippen molar-refractivity contribution in [2.75, 3.05) is 6.54 Å². The van der Waals surface area contributed by atoms with Gasteiger partial charge in [0.1, 0.15) is 0 Å². The van der Waals surface area contributed by atoms with Crippen molar-refractivity contribution in [2.24, 2.45) is 4.99 Å². The lowest BCUT2D eigenvalue weighted by atomic mass is 9.96. The van der Waals surface area contributed by atoms with E-state index in [0.29, 0.717) is 18.2 Å². The maximum Gasteiger partial charge on any atom is 0.191 e. The Balaban J connectivity index is 0.00000242. The Morgan fingerprint density at radius 2 is 1.91 bits per heavy atom. The number of rotatable bonds is 4. The first-order valence-corrected chi connectivity index (χ1v) is 7.85. The molecule has 4 nitrogen and oxygen atoms in total. The Morgan fingerprint density at radius 3 is 2.50 bits per heavy atom. The van der Waals surface area contributed by atoms with Crippen LogP contribution in [0.2, 0.25) is 0 Å². The molecule has 1 fully saturated rings. The monoisotopic (exact) mass is 412 g/mol. The second-order valence-corrected chi connectivity index (χ2v) is 5.48. The zero-order valence-electron chi connectivity index (χ0n) is 13.1. The van der Waals surface area contributed by atoms with Crippen LogP contribution in [0.3, 0.4) is 0 Å². The molecular formula is C17H25IN4. The summed E-state index contributed by atoms with van der Waals surface area (Å²) in [5.74, 6) is 0.897. The van der Waals surface area contributed by atoms with Crippen LogP contribution >= 0.6 is 24.0 Å². The predicted molar refractivity (Wildman–Crippen MR) is 101 cm³/mol. The molecular weight excluding hydrogens is 387 g/mol. The Bertz CT molecular complexity index is 498. The maximum atomic E-state index is 8.80. The van der Waals surface area contributed by atoms with Gasteiger partial charge in [-0.3, -0.25) is 0 Å². The van der Waals surface area contributed by atoms with Crippen LogP contribution in [0.5, 0.6) is 0 Å². The highest BCUT2D eigenvalue weighted by molar-refractivity contribution is 14.0. The molecule has 1 aromatic rings. The quantitative estimate of drug-likeness (QED) is 0.452. The van der Waals surface area contributed by atoms with Crippen LogP contribution in [0.25, 0.3) is 0 Å². The van der Waals surface area contributed by atoms with Gasteiger partial charge in [-0.15, -0.1) is 24.0 Å². The van der Waals surface area contributed by atoms with Gasteiger partial charge in [0.15, 0.2) is 5.96 Å².